The molecule has 0 spiro atoms. The minimum atomic E-state index is -0.0311. The van der Waals surface area contributed by atoms with Crippen molar-refractivity contribution in [2.24, 2.45) is 0 Å². The molecule has 0 aliphatic carbocycles. The van der Waals surface area contributed by atoms with Crippen molar-refractivity contribution in [2.75, 3.05) is 54.3 Å². The van der Waals surface area contributed by atoms with Crippen molar-refractivity contribution in [3.63, 3.8) is 0 Å². The number of carbonyl (C=O) groups is 1. The van der Waals surface area contributed by atoms with E-state index in [0.29, 0.717) is 35.9 Å². The van der Waals surface area contributed by atoms with E-state index in [9.17, 15) is 4.79 Å². The van der Waals surface area contributed by atoms with E-state index in [1.807, 2.05) is 17.0 Å². The van der Waals surface area contributed by atoms with Crippen LogP contribution in [0.2, 0.25) is 0 Å². The Morgan fingerprint density at radius 1 is 0.967 bits per heavy atom. The maximum absolute atomic E-state index is 13.1. The Hall–Kier alpha value is -3.13. The first-order chi connectivity index (χ1) is 14.6. The third kappa shape index (κ3) is 3.95. The van der Waals surface area contributed by atoms with Crippen LogP contribution in [0.15, 0.2) is 30.3 Å². The quantitative estimate of drug-likeness (QED) is 0.759. The van der Waals surface area contributed by atoms with Gasteiger partial charge in [-0.25, -0.2) is 0 Å². The number of carbonyl (C=O) groups excluding carboxylic acids is 1. The SMILES string of the molecule is COc1cc(C(=O)N2CC[NH+](Cc3ccc4c(c3)OCO4)CC2)cc(OC)c1OC. The molecule has 0 atom stereocenters. The van der Waals surface area contributed by atoms with Crippen molar-refractivity contribution in [3.8, 4) is 28.7 Å². The summed E-state index contributed by atoms with van der Waals surface area (Å²) in [6.45, 7) is 4.32. The Labute approximate surface area is 175 Å². The number of hydrogen-bond acceptors (Lipinski definition) is 6. The van der Waals surface area contributed by atoms with Crippen molar-refractivity contribution in [1.82, 2.24) is 4.90 Å². The molecule has 2 heterocycles. The van der Waals surface area contributed by atoms with Gasteiger partial charge < -0.3 is 33.5 Å². The van der Waals surface area contributed by atoms with Gasteiger partial charge in [0.1, 0.15) is 6.54 Å². The molecule has 0 radical (unpaired) electrons. The van der Waals surface area contributed by atoms with Gasteiger partial charge in [-0.1, -0.05) is 0 Å². The number of piperazine rings is 1. The second-order valence-electron chi connectivity index (χ2n) is 7.32. The normalized spacial score (nSPS) is 15.8. The van der Waals surface area contributed by atoms with Crippen LogP contribution in [-0.4, -0.2) is 65.1 Å². The van der Waals surface area contributed by atoms with Gasteiger partial charge in [0.2, 0.25) is 12.5 Å². The van der Waals surface area contributed by atoms with Crippen molar-refractivity contribution >= 4 is 5.91 Å². The molecule has 0 unspecified atom stereocenters. The molecule has 2 aliphatic heterocycles. The molecule has 0 saturated carbocycles. The third-order valence-corrected chi connectivity index (χ3v) is 5.56. The number of rotatable bonds is 6. The highest BCUT2D eigenvalue weighted by Gasteiger charge is 2.27. The average Bonchev–Trinajstić information content (AvgIpc) is 3.26. The number of amides is 1. The predicted molar refractivity (Wildman–Crippen MR) is 109 cm³/mol. The molecule has 2 aromatic carbocycles. The molecule has 8 nitrogen and oxygen atoms in total. The van der Waals surface area contributed by atoms with Crippen molar-refractivity contribution in [2.45, 2.75) is 6.54 Å². The lowest BCUT2D eigenvalue weighted by atomic mass is 10.1. The van der Waals surface area contributed by atoms with Gasteiger partial charge in [-0.2, -0.15) is 0 Å². The van der Waals surface area contributed by atoms with E-state index in [0.717, 1.165) is 31.1 Å². The molecular formula is C22H27N2O6+. The number of hydrogen-bond donors (Lipinski definition) is 1. The number of ether oxygens (including phenoxy) is 5. The average molecular weight is 415 g/mol. The highest BCUT2D eigenvalue weighted by molar-refractivity contribution is 5.95. The van der Waals surface area contributed by atoms with Gasteiger partial charge in [-0.15, -0.1) is 0 Å². The molecule has 4 rings (SSSR count). The molecule has 8 heteroatoms. The van der Waals surface area contributed by atoms with Crippen LogP contribution >= 0.6 is 0 Å². The van der Waals surface area contributed by atoms with Gasteiger partial charge in [-0.05, 0) is 30.3 Å². The standard InChI is InChI=1S/C22H26N2O6/c1-26-19-11-16(12-20(27-2)21(19)28-3)22(25)24-8-6-23(7-9-24)13-15-4-5-17-18(10-15)30-14-29-17/h4-5,10-12H,6-9,13-14H2,1-3H3/p+1. The zero-order valence-electron chi connectivity index (χ0n) is 17.5. The summed E-state index contributed by atoms with van der Waals surface area (Å²) >= 11 is 0. The summed E-state index contributed by atoms with van der Waals surface area (Å²) in [4.78, 5) is 16.4. The fourth-order valence-corrected chi connectivity index (χ4v) is 3.93. The monoisotopic (exact) mass is 415 g/mol. The van der Waals surface area contributed by atoms with Crippen LogP contribution in [0, 0.1) is 0 Å². The summed E-state index contributed by atoms with van der Waals surface area (Å²) in [5.41, 5.74) is 1.74. The number of nitrogens with zero attached hydrogens (tertiary/aromatic N) is 1. The van der Waals surface area contributed by atoms with Gasteiger partial charge in [0.15, 0.2) is 23.0 Å². The number of fused-ring (bicyclic) bond motifs is 1. The highest BCUT2D eigenvalue weighted by atomic mass is 16.7. The number of quaternary nitrogens is 1. The Bertz CT molecular complexity index is 899. The highest BCUT2D eigenvalue weighted by Crippen LogP contribution is 2.38. The second kappa shape index (κ2) is 8.71. The largest absolute Gasteiger partial charge is 0.493 e. The van der Waals surface area contributed by atoms with Gasteiger partial charge >= 0.3 is 0 Å². The molecule has 1 amide bonds. The van der Waals surface area contributed by atoms with Gasteiger partial charge in [-0.3, -0.25) is 4.79 Å². The van der Waals surface area contributed by atoms with E-state index < -0.39 is 0 Å². The summed E-state index contributed by atoms with van der Waals surface area (Å²) in [6, 6.07) is 9.49. The van der Waals surface area contributed by atoms with Crippen LogP contribution in [0.3, 0.4) is 0 Å². The zero-order valence-corrected chi connectivity index (χ0v) is 17.5. The van der Waals surface area contributed by atoms with E-state index in [1.54, 1.807) is 33.5 Å². The Morgan fingerprint density at radius 3 is 2.27 bits per heavy atom. The summed E-state index contributed by atoms with van der Waals surface area (Å²) in [5, 5.41) is 0. The van der Waals surface area contributed by atoms with Crippen LogP contribution in [0.4, 0.5) is 0 Å². The molecular weight excluding hydrogens is 388 g/mol. The van der Waals surface area contributed by atoms with E-state index >= 15 is 0 Å². The van der Waals surface area contributed by atoms with Crippen LogP contribution in [-0.2, 0) is 6.54 Å². The maximum atomic E-state index is 13.1. The fraction of sp³-hybridized carbons (Fsp3) is 0.409. The fourth-order valence-electron chi connectivity index (χ4n) is 3.93. The number of nitrogens with one attached hydrogen (secondary N) is 1. The first kappa shape index (κ1) is 20.2. The van der Waals surface area contributed by atoms with Gasteiger partial charge in [0.25, 0.3) is 5.91 Å². The lowest BCUT2D eigenvalue weighted by Crippen LogP contribution is -3.13. The van der Waals surface area contributed by atoms with E-state index in [-0.39, 0.29) is 12.7 Å². The van der Waals surface area contributed by atoms with Crippen LogP contribution in [0.1, 0.15) is 15.9 Å². The lowest BCUT2D eigenvalue weighted by Gasteiger charge is -2.32. The number of methoxy groups -OCH3 is 3. The third-order valence-electron chi connectivity index (χ3n) is 5.56. The smallest absolute Gasteiger partial charge is 0.254 e. The summed E-state index contributed by atoms with van der Waals surface area (Å²) in [5.74, 6) is 3.02. The maximum Gasteiger partial charge on any atom is 0.254 e. The second-order valence-corrected chi connectivity index (χ2v) is 7.32. The molecule has 160 valence electrons. The van der Waals surface area contributed by atoms with Crippen LogP contribution < -0.4 is 28.6 Å². The summed E-state index contributed by atoms with van der Waals surface area (Å²) in [7, 11) is 4.64. The van der Waals surface area contributed by atoms with Crippen LogP contribution in [0.25, 0.3) is 0 Å². The molecule has 1 fully saturated rings. The Morgan fingerprint density at radius 2 is 1.63 bits per heavy atom. The van der Waals surface area contributed by atoms with Gasteiger partial charge in [0.05, 0.1) is 47.5 Å². The Balaban J connectivity index is 1.40. The first-order valence-electron chi connectivity index (χ1n) is 9.94. The minimum Gasteiger partial charge on any atom is -0.493 e. The molecule has 0 aromatic heterocycles. The minimum absolute atomic E-state index is 0.0311. The summed E-state index contributed by atoms with van der Waals surface area (Å²) in [6.07, 6.45) is 0. The first-order valence-corrected chi connectivity index (χ1v) is 9.94. The van der Waals surface area contributed by atoms with E-state index in [2.05, 4.69) is 6.07 Å². The lowest BCUT2D eigenvalue weighted by molar-refractivity contribution is -0.917. The molecule has 0 bridgehead atoms. The molecule has 2 aliphatic rings. The molecule has 30 heavy (non-hydrogen) atoms. The number of benzene rings is 2. The predicted octanol–water partition coefficient (Wildman–Crippen LogP) is 0.982. The molecule has 1 saturated heterocycles. The zero-order chi connectivity index (χ0) is 21.1. The molecule has 1 N–H and O–H groups in total. The van der Waals surface area contributed by atoms with Crippen molar-refractivity contribution in [1.29, 1.82) is 0 Å². The topological polar surface area (TPSA) is 70.9 Å². The van der Waals surface area contributed by atoms with Gasteiger partial charge in [0, 0.05) is 11.1 Å². The Kier molecular flexibility index (Phi) is 5.85. The molecule has 2 aromatic rings. The van der Waals surface area contributed by atoms with E-state index in [4.69, 9.17) is 23.7 Å². The van der Waals surface area contributed by atoms with Crippen molar-refractivity contribution in [3.05, 3.63) is 41.5 Å². The van der Waals surface area contributed by atoms with Crippen molar-refractivity contribution < 1.29 is 33.4 Å². The van der Waals surface area contributed by atoms with Crippen LogP contribution in [0.5, 0.6) is 28.7 Å². The van der Waals surface area contributed by atoms with E-state index in [1.165, 1.54) is 10.5 Å². The summed E-state index contributed by atoms with van der Waals surface area (Å²) < 4.78 is 26.9.